The smallest absolute Gasteiger partial charge is 0.427 e. The van der Waals surface area contributed by atoms with E-state index in [0.29, 0.717) is 11.9 Å². The Morgan fingerprint density at radius 1 is 1.90 bits per heavy atom. The van der Waals surface area contributed by atoms with E-state index >= 15 is 0 Å². The van der Waals surface area contributed by atoms with E-state index in [2.05, 4.69) is 31.2 Å². The van der Waals surface area contributed by atoms with Crippen molar-refractivity contribution < 1.29 is 9.53 Å². The van der Waals surface area contributed by atoms with Crippen molar-refractivity contribution in [3.05, 3.63) is 0 Å². The molecule has 0 aromatic carbocycles. The summed E-state index contributed by atoms with van der Waals surface area (Å²) in [4.78, 5) is 10.5. The third kappa shape index (κ3) is 5.55. The second-order valence-electron chi connectivity index (χ2n) is 1.30. The van der Waals surface area contributed by atoms with E-state index in [1.807, 2.05) is 0 Å². The molecular weight excluding hydrogens is 200 g/mol. The van der Waals surface area contributed by atoms with Crippen molar-refractivity contribution >= 4 is 28.2 Å². The van der Waals surface area contributed by atoms with E-state index < -0.39 is 6.09 Å². The summed E-state index contributed by atoms with van der Waals surface area (Å²) in [6.07, 6.45) is 0.983. The maximum Gasteiger partial charge on any atom is 0.427 e. The summed E-state index contributed by atoms with van der Waals surface area (Å²) in [5.41, 5.74) is 2.16. The van der Waals surface area contributed by atoms with Crippen molar-refractivity contribution in [3.63, 3.8) is 0 Å². The minimum absolute atomic E-state index is 0.357. The molecule has 0 aliphatic rings. The first-order chi connectivity index (χ1) is 4.81. The zero-order chi connectivity index (χ0) is 7.82. The molecule has 0 unspecified atom stereocenters. The average molecular weight is 209 g/mol. The van der Waals surface area contributed by atoms with Crippen LogP contribution in [0.4, 0.5) is 4.79 Å². The van der Waals surface area contributed by atoms with Gasteiger partial charge in [-0.1, -0.05) is 15.9 Å². The van der Waals surface area contributed by atoms with Crippen LogP contribution in [0.1, 0.15) is 6.92 Å². The summed E-state index contributed by atoms with van der Waals surface area (Å²) in [6.45, 7) is 2.09. The SMILES string of the molecule is CCOC(=O)NN=CCBr. The van der Waals surface area contributed by atoms with E-state index in [1.165, 1.54) is 6.21 Å². The largest absolute Gasteiger partial charge is 0.449 e. The van der Waals surface area contributed by atoms with Crippen LogP contribution in [0.25, 0.3) is 0 Å². The first-order valence-electron chi connectivity index (χ1n) is 2.81. The number of carbonyl (C=O) groups excluding carboxylic acids is 1. The van der Waals surface area contributed by atoms with Gasteiger partial charge in [0.05, 0.1) is 6.61 Å². The number of rotatable bonds is 3. The van der Waals surface area contributed by atoms with Gasteiger partial charge in [-0.3, -0.25) is 0 Å². The Kier molecular flexibility index (Phi) is 6.16. The molecule has 0 fully saturated rings. The molecule has 0 aliphatic heterocycles. The van der Waals surface area contributed by atoms with Gasteiger partial charge >= 0.3 is 6.09 Å². The molecule has 0 aliphatic carbocycles. The number of halogens is 1. The Balaban J connectivity index is 3.30. The summed E-state index contributed by atoms with van der Waals surface area (Å²) in [6, 6.07) is 0. The number of amides is 1. The van der Waals surface area contributed by atoms with E-state index in [-0.39, 0.29) is 0 Å². The van der Waals surface area contributed by atoms with Gasteiger partial charge < -0.3 is 4.74 Å². The lowest BCUT2D eigenvalue weighted by atomic mass is 10.9. The van der Waals surface area contributed by atoms with Gasteiger partial charge in [-0.2, -0.15) is 5.10 Å². The van der Waals surface area contributed by atoms with Crippen molar-refractivity contribution in [2.45, 2.75) is 6.92 Å². The van der Waals surface area contributed by atoms with Gasteiger partial charge in [0.25, 0.3) is 0 Å². The number of hydrogen-bond donors (Lipinski definition) is 1. The Morgan fingerprint density at radius 3 is 3.10 bits per heavy atom. The summed E-state index contributed by atoms with van der Waals surface area (Å²) < 4.78 is 4.51. The third-order valence-corrected chi connectivity index (χ3v) is 0.881. The van der Waals surface area contributed by atoms with Crippen molar-refractivity contribution in [1.82, 2.24) is 5.43 Å². The summed E-state index contributed by atoms with van der Waals surface area (Å²) in [7, 11) is 0. The Morgan fingerprint density at radius 2 is 2.60 bits per heavy atom. The van der Waals surface area contributed by atoms with E-state index in [4.69, 9.17) is 0 Å². The number of carbonyl (C=O) groups is 1. The van der Waals surface area contributed by atoms with Crippen LogP contribution >= 0.6 is 15.9 Å². The second-order valence-corrected chi connectivity index (χ2v) is 1.95. The average Bonchev–Trinajstić information content (AvgIpc) is 1.89. The molecule has 0 spiro atoms. The highest BCUT2D eigenvalue weighted by molar-refractivity contribution is 9.09. The van der Waals surface area contributed by atoms with Crippen molar-refractivity contribution in [3.8, 4) is 0 Å². The molecular formula is C5H9BrN2O2. The molecule has 0 radical (unpaired) electrons. The van der Waals surface area contributed by atoms with Gasteiger partial charge in [0, 0.05) is 11.5 Å². The Hall–Kier alpha value is -0.580. The first-order valence-corrected chi connectivity index (χ1v) is 3.93. The number of nitrogens with one attached hydrogen (secondary N) is 1. The first kappa shape index (κ1) is 9.42. The highest BCUT2D eigenvalue weighted by Crippen LogP contribution is 1.76. The number of hydrogen-bond acceptors (Lipinski definition) is 3. The van der Waals surface area contributed by atoms with E-state index in [9.17, 15) is 4.79 Å². The number of hydrazone groups is 1. The number of alkyl halides is 1. The third-order valence-electron chi connectivity index (χ3n) is 0.592. The van der Waals surface area contributed by atoms with E-state index in [0.717, 1.165) is 0 Å². The lowest BCUT2D eigenvalue weighted by molar-refractivity contribution is 0.152. The molecule has 0 saturated carbocycles. The van der Waals surface area contributed by atoms with Crippen LogP contribution in [0.15, 0.2) is 5.10 Å². The van der Waals surface area contributed by atoms with Crippen molar-refractivity contribution in [2.75, 3.05) is 11.9 Å². The van der Waals surface area contributed by atoms with Gasteiger partial charge in [-0.05, 0) is 6.92 Å². The minimum atomic E-state index is -0.528. The molecule has 5 heteroatoms. The van der Waals surface area contributed by atoms with Gasteiger partial charge in [0.15, 0.2) is 0 Å². The second kappa shape index (κ2) is 6.54. The zero-order valence-corrected chi connectivity index (χ0v) is 7.22. The van der Waals surface area contributed by atoms with Gasteiger partial charge in [0.1, 0.15) is 0 Å². The van der Waals surface area contributed by atoms with Crippen LogP contribution in [0.5, 0.6) is 0 Å². The summed E-state index contributed by atoms with van der Waals surface area (Å²) >= 11 is 3.10. The molecule has 0 atom stereocenters. The monoisotopic (exact) mass is 208 g/mol. The Labute approximate surface area is 67.8 Å². The quantitative estimate of drug-likeness (QED) is 0.430. The molecule has 0 aromatic heterocycles. The minimum Gasteiger partial charge on any atom is -0.449 e. The molecule has 0 bridgehead atoms. The maximum atomic E-state index is 10.5. The standard InChI is InChI=1S/C5H9BrN2O2/c1-2-10-5(9)8-7-4-3-6/h4H,2-3H2,1H3,(H,8,9). The van der Waals surface area contributed by atoms with Crippen LogP contribution in [0.2, 0.25) is 0 Å². The maximum absolute atomic E-state index is 10.5. The van der Waals surface area contributed by atoms with Crippen LogP contribution in [-0.4, -0.2) is 24.2 Å². The molecule has 1 N–H and O–H groups in total. The summed E-state index contributed by atoms with van der Waals surface area (Å²) in [5, 5.41) is 4.12. The molecule has 0 rings (SSSR count). The molecule has 4 nitrogen and oxygen atoms in total. The molecule has 0 heterocycles. The van der Waals surface area contributed by atoms with Gasteiger partial charge in [-0.25, -0.2) is 10.2 Å². The zero-order valence-electron chi connectivity index (χ0n) is 5.63. The fraction of sp³-hybridized carbons (Fsp3) is 0.600. The highest BCUT2D eigenvalue weighted by atomic mass is 79.9. The fourth-order valence-corrected chi connectivity index (χ4v) is 0.441. The number of nitrogens with zero attached hydrogens (tertiary/aromatic N) is 1. The van der Waals surface area contributed by atoms with E-state index in [1.54, 1.807) is 6.92 Å². The van der Waals surface area contributed by atoms with Crippen molar-refractivity contribution in [1.29, 1.82) is 0 Å². The van der Waals surface area contributed by atoms with Gasteiger partial charge in [0.2, 0.25) is 0 Å². The molecule has 58 valence electrons. The van der Waals surface area contributed by atoms with Crippen LogP contribution in [0.3, 0.4) is 0 Å². The summed E-state index contributed by atoms with van der Waals surface area (Å²) in [5.74, 6) is 0. The van der Waals surface area contributed by atoms with Crippen LogP contribution < -0.4 is 5.43 Å². The number of ether oxygens (including phenoxy) is 1. The van der Waals surface area contributed by atoms with Gasteiger partial charge in [-0.15, -0.1) is 0 Å². The lowest BCUT2D eigenvalue weighted by Crippen LogP contribution is -2.18. The fourth-order valence-electron chi connectivity index (χ4n) is 0.296. The van der Waals surface area contributed by atoms with Crippen molar-refractivity contribution in [2.24, 2.45) is 5.10 Å². The molecule has 0 aromatic rings. The molecule has 10 heavy (non-hydrogen) atoms. The Bertz CT molecular complexity index is 127. The predicted molar refractivity (Wildman–Crippen MR) is 42.4 cm³/mol. The lowest BCUT2D eigenvalue weighted by Gasteiger charge is -1.97. The van der Waals surface area contributed by atoms with Crippen LogP contribution in [-0.2, 0) is 4.74 Å². The predicted octanol–water partition coefficient (Wildman–Crippen LogP) is 1.11. The normalized spacial score (nSPS) is 9.80. The van der Waals surface area contributed by atoms with Crippen LogP contribution in [0, 0.1) is 0 Å². The topological polar surface area (TPSA) is 50.7 Å². The highest BCUT2D eigenvalue weighted by Gasteiger charge is 1.93. The molecule has 1 amide bonds. The molecule has 0 saturated heterocycles.